The maximum atomic E-state index is 11.9. The molecule has 1 unspecified atom stereocenters. The molecule has 0 saturated carbocycles. The van der Waals surface area contributed by atoms with Gasteiger partial charge in [-0.15, -0.1) is 0 Å². The molecule has 0 spiro atoms. The third-order valence-electron chi connectivity index (χ3n) is 5.04. The van der Waals surface area contributed by atoms with Crippen molar-refractivity contribution < 1.29 is 8.42 Å². The van der Waals surface area contributed by atoms with Crippen molar-refractivity contribution in [2.75, 3.05) is 38.5 Å². The maximum Gasteiger partial charge on any atom is 0.154 e. The Morgan fingerprint density at radius 3 is 2.41 bits per heavy atom. The van der Waals surface area contributed by atoms with Crippen molar-refractivity contribution in [3.8, 4) is 0 Å². The lowest BCUT2D eigenvalue weighted by Crippen LogP contribution is -2.48. The summed E-state index contributed by atoms with van der Waals surface area (Å²) in [6.07, 6.45) is 1.70. The Hall–Kier alpha value is -0.910. The van der Waals surface area contributed by atoms with E-state index < -0.39 is 9.84 Å². The molecule has 0 radical (unpaired) electrons. The van der Waals surface area contributed by atoms with Gasteiger partial charge in [-0.1, -0.05) is 24.3 Å². The molecule has 0 bridgehead atoms. The third-order valence-corrected chi connectivity index (χ3v) is 7.30. The smallest absolute Gasteiger partial charge is 0.154 e. The van der Waals surface area contributed by atoms with Gasteiger partial charge in [0.15, 0.2) is 9.84 Å². The predicted molar refractivity (Wildman–Crippen MR) is 89.7 cm³/mol. The minimum Gasteiger partial charge on any atom is -0.300 e. The lowest BCUT2D eigenvalue weighted by Gasteiger charge is -2.35. The fraction of sp³-hybridized carbons (Fsp3) is 0.647. The van der Waals surface area contributed by atoms with Gasteiger partial charge < -0.3 is 0 Å². The summed E-state index contributed by atoms with van der Waals surface area (Å²) in [5.74, 6) is 0.394. The number of aryl methyl sites for hydroxylation is 1. The Morgan fingerprint density at radius 1 is 1.09 bits per heavy atom. The van der Waals surface area contributed by atoms with Crippen molar-refractivity contribution in [1.29, 1.82) is 0 Å². The highest BCUT2D eigenvalue weighted by atomic mass is 32.2. The lowest BCUT2D eigenvalue weighted by atomic mass is 10.1. The molecule has 0 amide bonds. The van der Waals surface area contributed by atoms with Gasteiger partial charge in [0.2, 0.25) is 0 Å². The molecule has 22 heavy (non-hydrogen) atoms. The zero-order valence-electron chi connectivity index (χ0n) is 13.4. The van der Waals surface area contributed by atoms with Crippen LogP contribution in [0.1, 0.15) is 24.0 Å². The van der Waals surface area contributed by atoms with Crippen LogP contribution in [0.3, 0.4) is 0 Å². The van der Waals surface area contributed by atoms with E-state index in [9.17, 15) is 8.42 Å². The van der Waals surface area contributed by atoms with Crippen LogP contribution >= 0.6 is 0 Å². The zero-order valence-corrected chi connectivity index (χ0v) is 14.2. The van der Waals surface area contributed by atoms with E-state index in [0.717, 1.165) is 52.1 Å². The SMILES string of the molecule is Cc1ccccc1CN1CCN(CC2CCCS2(=O)=O)CC1. The molecule has 0 N–H and O–H groups in total. The average molecular weight is 322 g/mol. The van der Waals surface area contributed by atoms with E-state index in [4.69, 9.17) is 0 Å². The monoisotopic (exact) mass is 322 g/mol. The van der Waals surface area contributed by atoms with E-state index in [1.165, 1.54) is 11.1 Å². The van der Waals surface area contributed by atoms with Gasteiger partial charge in [0.25, 0.3) is 0 Å². The van der Waals surface area contributed by atoms with E-state index in [0.29, 0.717) is 5.75 Å². The summed E-state index contributed by atoms with van der Waals surface area (Å²) in [6.45, 7) is 7.93. The summed E-state index contributed by atoms with van der Waals surface area (Å²) in [5.41, 5.74) is 2.75. The first-order valence-corrected chi connectivity index (χ1v) is 9.97. The van der Waals surface area contributed by atoms with E-state index in [-0.39, 0.29) is 5.25 Å². The van der Waals surface area contributed by atoms with Gasteiger partial charge in [-0.3, -0.25) is 9.80 Å². The number of nitrogens with zero attached hydrogens (tertiary/aromatic N) is 2. The molecule has 4 nitrogen and oxygen atoms in total. The average Bonchev–Trinajstić information content (AvgIpc) is 2.82. The van der Waals surface area contributed by atoms with Gasteiger partial charge in [-0.25, -0.2) is 8.42 Å². The van der Waals surface area contributed by atoms with Crippen molar-refractivity contribution in [2.45, 2.75) is 31.6 Å². The quantitative estimate of drug-likeness (QED) is 0.846. The minimum absolute atomic E-state index is 0.115. The van der Waals surface area contributed by atoms with Gasteiger partial charge in [-0.2, -0.15) is 0 Å². The van der Waals surface area contributed by atoms with Crippen molar-refractivity contribution in [2.24, 2.45) is 0 Å². The van der Waals surface area contributed by atoms with Gasteiger partial charge >= 0.3 is 0 Å². The highest BCUT2D eigenvalue weighted by Crippen LogP contribution is 2.21. The van der Waals surface area contributed by atoms with Crippen LogP contribution in [0.25, 0.3) is 0 Å². The number of benzene rings is 1. The molecule has 0 aliphatic carbocycles. The van der Waals surface area contributed by atoms with Crippen LogP contribution in [-0.4, -0.2) is 61.9 Å². The van der Waals surface area contributed by atoms with E-state index in [1.807, 2.05) is 0 Å². The summed E-state index contributed by atoms with van der Waals surface area (Å²) in [6, 6.07) is 8.55. The summed E-state index contributed by atoms with van der Waals surface area (Å²) < 4.78 is 23.9. The van der Waals surface area contributed by atoms with Crippen LogP contribution in [0.4, 0.5) is 0 Å². The first-order valence-electron chi connectivity index (χ1n) is 8.25. The van der Waals surface area contributed by atoms with E-state index in [1.54, 1.807) is 0 Å². The Kier molecular flexibility index (Phi) is 4.85. The first kappa shape index (κ1) is 16.0. The summed E-state index contributed by atoms with van der Waals surface area (Å²) >= 11 is 0. The highest BCUT2D eigenvalue weighted by Gasteiger charge is 2.33. The normalized spacial score (nSPS) is 26.3. The number of sulfone groups is 1. The number of hydrogen-bond donors (Lipinski definition) is 0. The van der Waals surface area contributed by atoms with Gasteiger partial charge in [-0.05, 0) is 30.9 Å². The molecule has 3 rings (SSSR count). The molecule has 122 valence electrons. The summed E-state index contributed by atoms with van der Waals surface area (Å²) in [7, 11) is -2.81. The molecule has 1 atom stereocenters. The van der Waals surface area contributed by atoms with Gasteiger partial charge in [0.1, 0.15) is 0 Å². The number of hydrogen-bond acceptors (Lipinski definition) is 4. The second-order valence-corrected chi connectivity index (χ2v) is 9.04. The molecule has 0 aromatic heterocycles. The lowest BCUT2D eigenvalue weighted by molar-refractivity contribution is 0.126. The molecule has 2 saturated heterocycles. The van der Waals surface area contributed by atoms with Crippen LogP contribution < -0.4 is 0 Å². The molecule has 5 heteroatoms. The second kappa shape index (κ2) is 6.69. The third kappa shape index (κ3) is 3.70. The van der Waals surface area contributed by atoms with Crippen molar-refractivity contribution in [3.05, 3.63) is 35.4 Å². The molecule has 2 aliphatic heterocycles. The highest BCUT2D eigenvalue weighted by molar-refractivity contribution is 7.92. The Labute approximate surface area is 134 Å². The van der Waals surface area contributed by atoms with Gasteiger partial charge in [0, 0.05) is 39.3 Å². The molecular formula is C17H26N2O2S. The Bertz CT molecular complexity index is 607. The van der Waals surface area contributed by atoms with Crippen molar-refractivity contribution in [1.82, 2.24) is 9.80 Å². The predicted octanol–water partition coefficient (Wildman–Crippen LogP) is 1.69. The second-order valence-electron chi connectivity index (χ2n) is 6.63. The summed E-state index contributed by atoms with van der Waals surface area (Å²) in [4.78, 5) is 4.81. The fourth-order valence-corrected chi connectivity index (χ4v) is 5.38. The number of piperazine rings is 1. The largest absolute Gasteiger partial charge is 0.300 e. The molecule has 1 aromatic rings. The topological polar surface area (TPSA) is 40.6 Å². The molecular weight excluding hydrogens is 296 g/mol. The zero-order chi connectivity index (χ0) is 15.6. The minimum atomic E-state index is -2.81. The van der Waals surface area contributed by atoms with Crippen LogP contribution in [0.2, 0.25) is 0 Å². The Balaban J connectivity index is 1.49. The van der Waals surface area contributed by atoms with E-state index >= 15 is 0 Å². The molecule has 2 aliphatic rings. The first-order chi connectivity index (χ1) is 10.5. The fourth-order valence-electron chi connectivity index (χ4n) is 3.51. The summed E-state index contributed by atoms with van der Waals surface area (Å²) in [5, 5.41) is -0.115. The van der Waals surface area contributed by atoms with Crippen molar-refractivity contribution in [3.63, 3.8) is 0 Å². The maximum absolute atomic E-state index is 11.9. The van der Waals surface area contributed by atoms with Gasteiger partial charge in [0.05, 0.1) is 11.0 Å². The van der Waals surface area contributed by atoms with Crippen LogP contribution in [0.5, 0.6) is 0 Å². The van der Waals surface area contributed by atoms with Crippen LogP contribution in [0, 0.1) is 6.92 Å². The van der Waals surface area contributed by atoms with E-state index in [2.05, 4.69) is 41.0 Å². The molecule has 2 heterocycles. The van der Waals surface area contributed by atoms with Crippen LogP contribution in [0.15, 0.2) is 24.3 Å². The molecule has 1 aromatic carbocycles. The standard InChI is InChI=1S/C17H26N2O2S/c1-15-5-2-3-6-16(15)13-18-8-10-19(11-9-18)14-17-7-4-12-22(17,20)21/h2-3,5-6,17H,4,7-14H2,1H3. The molecule has 2 fully saturated rings. The van der Waals surface area contributed by atoms with Crippen LogP contribution in [-0.2, 0) is 16.4 Å². The van der Waals surface area contributed by atoms with Crippen molar-refractivity contribution >= 4 is 9.84 Å². The number of rotatable bonds is 4. The Morgan fingerprint density at radius 2 is 1.77 bits per heavy atom.